The molecule has 0 N–H and O–H groups in total. The molecule has 0 amide bonds. The van der Waals surface area contributed by atoms with Gasteiger partial charge in [-0.25, -0.2) is 0 Å². The number of methoxy groups -OCH3 is 2. The lowest BCUT2D eigenvalue weighted by molar-refractivity contribution is -0.140. The van der Waals surface area contributed by atoms with Crippen LogP contribution in [0, 0.1) is 0 Å². The highest BCUT2D eigenvalue weighted by Crippen LogP contribution is 1.95. The van der Waals surface area contributed by atoms with Crippen LogP contribution in [0.15, 0.2) is 12.2 Å². The lowest BCUT2D eigenvalue weighted by Crippen LogP contribution is -1.99. The van der Waals surface area contributed by atoms with Gasteiger partial charge >= 0.3 is 11.9 Å². The molecule has 0 fully saturated rings. The van der Waals surface area contributed by atoms with E-state index in [2.05, 4.69) is 9.47 Å². The Morgan fingerprint density at radius 3 is 2.23 bits per heavy atom. The Labute approximate surface area is 77.5 Å². The maximum absolute atomic E-state index is 10.6. The van der Waals surface area contributed by atoms with Crippen molar-refractivity contribution < 1.29 is 19.1 Å². The van der Waals surface area contributed by atoms with Crippen LogP contribution in [0.4, 0.5) is 0 Å². The van der Waals surface area contributed by atoms with E-state index < -0.39 is 0 Å². The Morgan fingerprint density at radius 1 is 1.08 bits per heavy atom. The minimum atomic E-state index is -0.283. The monoisotopic (exact) mass is 186 g/mol. The average molecular weight is 186 g/mol. The van der Waals surface area contributed by atoms with Crippen molar-refractivity contribution in [2.24, 2.45) is 0 Å². The zero-order chi connectivity index (χ0) is 10.1. The molecule has 0 aromatic carbocycles. The second kappa shape index (κ2) is 7.34. The van der Waals surface area contributed by atoms with Crippen molar-refractivity contribution in [2.75, 3.05) is 14.2 Å². The fraction of sp³-hybridized carbons (Fsp3) is 0.556. The molecule has 0 unspecified atom stereocenters. The van der Waals surface area contributed by atoms with E-state index >= 15 is 0 Å². The van der Waals surface area contributed by atoms with Gasteiger partial charge < -0.3 is 9.47 Å². The van der Waals surface area contributed by atoms with Crippen LogP contribution >= 0.6 is 0 Å². The molecule has 0 bridgehead atoms. The summed E-state index contributed by atoms with van der Waals surface area (Å²) in [5.41, 5.74) is 0. The first-order chi connectivity index (χ1) is 6.20. The van der Waals surface area contributed by atoms with E-state index in [9.17, 15) is 9.59 Å². The fourth-order valence-electron chi connectivity index (χ4n) is 0.684. The summed E-state index contributed by atoms with van der Waals surface area (Å²) < 4.78 is 8.85. The summed E-state index contributed by atoms with van der Waals surface area (Å²) in [6.45, 7) is 0. The third kappa shape index (κ3) is 7.05. The van der Waals surface area contributed by atoms with Crippen LogP contribution in [-0.2, 0) is 19.1 Å². The van der Waals surface area contributed by atoms with Gasteiger partial charge in [0.1, 0.15) is 0 Å². The molecule has 4 nitrogen and oxygen atoms in total. The van der Waals surface area contributed by atoms with E-state index in [0.717, 1.165) is 0 Å². The van der Waals surface area contributed by atoms with Crippen LogP contribution in [0.1, 0.15) is 19.3 Å². The average Bonchev–Trinajstić information content (AvgIpc) is 2.16. The number of allylic oxidation sites excluding steroid dienone is 1. The quantitative estimate of drug-likeness (QED) is 0.476. The number of esters is 2. The minimum Gasteiger partial charge on any atom is -0.469 e. The van der Waals surface area contributed by atoms with Gasteiger partial charge in [-0.1, -0.05) is 12.2 Å². The highest BCUT2D eigenvalue weighted by molar-refractivity contribution is 5.71. The van der Waals surface area contributed by atoms with Crippen molar-refractivity contribution in [2.45, 2.75) is 19.3 Å². The number of hydrogen-bond donors (Lipinski definition) is 0. The number of ether oxygens (including phenoxy) is 2. The highest BCUT2D eigenvalue weighted by atomic mass is 16.5. The van der Waals surface area contributed by atoms with Gasteiger partial charge in [-0.2, -0.15) is 0 Å². The first-order valence-electron chi connectivity index (χ1n) is 3.99. The zero-order valence-corrected chi connectivity index (χ0v) is 7.91. The smallest absolute Gasteiger partial charge is 0.309 e. The van der Waals surface area contributed by atoms with Crippen molar-refractivity contribution in [3.63, 3.8) is 0 Å². The van der Waals surface area contributed by atoms with Gasteiger partial charge in [0.25, 0.3) is 0 Å². The van der Waals surface area contributed by atoms with E-state index in [1.807, 2.05) is 0 Å². The molecule has 0 aromatic heterocycles. The summed E-state index contributed by atoms with van der Waals surface area (Å²) in [6, 6.07) is 0. The highest BCUT2D eigenvalue weighted by Gasteiger charge is 1.97. The molecule has 0 saturated heterocycles. The second-order valence-electron chi connectivity index (χ2n) is 2.37. The van der Waals surface area contributed by atoms with Gasteiger partial charge in [-0.15, -0.1) is 0 Å². The molecule has 0 rings (SSSR count). The van der Waals surface area contributed by atoms with E-state index in [4.69, 9.17) is 0 Å². The fourth-order valence-corrected chi connectivity index (χ4v) is 0.684. The van der Waals surface area contributed by atoms with Crippen LogP contribution in [0.25, 0.3) is 0 Å². The van der Waals surface area contributed by atoms with E-state index in [-0.39, 0.29) is 18.4 Å². The predicted molar refractivity (Wildman–Crippen MR) is 47.0 cm³/mol. The molecule has 0 saturated carbocycles. The van der Waals surface area contributed by atoms with Crippen molar-refractivity contribution in [1.82, 2.24) is 0 Å². The van der Waals surface area contributed by atoms with Crippen LogP contribution in [0.2, 0.25) is 0 Å². The third-order valence-electron chi connectivity index (χ3n) is 1.42. The third-order valence-corrected chi connectivity index (χ3v) is 1.42. The largest absolute Gasteiger partial charge is 0.469 e. The summed E-state index contributed by atoms with van der Waals surface area (Å²) in [4.78, 5) is 21.2. The molecule has 0 atom stereocenters. The first-order valence-corrected chi connectivity index (χ1v) is 3.99. The summed E-state index contributed by atoms with van der Waals surface area (Å²) >= 11 is 0. The van der Waals surface area contributed by atoms with Gasteiger partial charge in [0.05, 0.1) is 20.6 Å². The molecule has 0 spiro atoms. The van der Waals surface area contributed by atoms with Crippen LogP contribution in [0.3, 0.4) is 0 Å². The SMILES string of the molecule is COC(=O)CC=CCCC(=O)OC. The summed E-state index contributed by atoms with van der Waals surface area (Å²) in [7, 11) is 2.69. The number of carbonyl (C=O) groups is 2. The van der Waals surface area contributed by atoms with Gasteiger partial charge in [0, 0.05) is 6.42 Å². The first kappa shape index (κ1) is 11.7. The van der Waals surface area contributed by atoms with Gasteiger partial charge in [0.15, 0.2) is 0 Å². The predicted octanol–water partition coefficient (Wildman–Crippen LogP) is 1.06. The van der Waals surface area contributed by atoms with Crippen molar-refractivity contribution in [1.29, 1.82) is 0 Å². The van der Waals surface area contributed by atoms with Gasteiger partial charge in [-0.05, 0) is 6.42 Å². The van der Waals surface area contributed by atoms with E-state index in [0.29, 0.717) is 12.8 Å². The van der Waals surface area contributed by atoms with Gasteiger partial charge in [-0.3, -0.25) is 9.59 Å². The molecule has 74 valence electrons. The summed E-state index contributed by atoms with van der Waals surface area (Å²) in [5, 5.41) is 0. The van der Waals surface area contributed by atoms with E-state index in [1.54, 1.807) is 12.2 Å². The topological polar surface area (TPSA) is 52.6 Å². The van der Waals surface area contributed by atoms with E-state index in [1.165, 1.54) is 14.2 Å². The summed E-state index contributed by atoms with van der Waals surface area (Å²) in [5.74, 6) is -0.531. The Morgan fingerprint density at radius 2 is 1.69 bits per heavy atom. The molecule has 0 aromatic rings. The number of hydrogen-bond acceptors (Lipinski definition) is 4. The Hall–Kier alpha value is -1.32. The molecule has 0 aliphatic rings. The molecule has 0 heterocycles. The molecule has 4 heteroatoms. The molecular formula is C9H14O4. The van der Waals surface area contributed by atoms with Gasteiger partial charge in [0.2, 0.25) is 0 Å². The second-order valence-corrected chi connectivity index (χ2v) is 2.37. The zero-order valence-electron chi connectivity index (χ0n) is 7.91. The standard InChI is InChI=1S/C9H14O4/c1-12-8(10)6-4-3-5-7-9(11)13-2/h3-4H,5-7H2,1-2H3. The van der Waals surface area contributed by atoms with Crippen molar-refractivity contribution in [3.05, 3.63) is 12.2 Å². The minimum absolute atomic E-state index is 0.247. The number of rotatable bonds is 5. The molecule has 0 aliphatic carbocycles. The summed E-state index contributed by atoms with van der Waals surface area (Å²) in [6.07, 6.45) is 4.61. The molecule has 0 aliphatic heterocycles. The lowest BCUT2D eigenvalue weighted by atomic mass is 10.2. The normalized spacial score (nSPS) is 10.0. The Balaban J connectivity index is 3.42. The van der Waals surface area contributed by atoms with Crippen LogP contribution in [-0.4, -0.2) is 26.2 Å². The lowest BCUT2D eigenvalue weighted by Gasteiger charge is -1.94. The van der Waals surface area contributed by atoms with Crippen molar-refractivity contribution >= 4 is 11.9 Å². The molecule has 0 radical (unpaired) electrons. The van der Waals surface area contributed by atoms with Crippen LogP contribution in [0.5, 0.6) is 0 Å². The Bertz CT molecular complexity index is 196. The van der Waals surface area contributed by atoms with Crippen molar-refractivity contribution in [3.8, 4) is 0 Å². The number of carbonyl (C=O) groups excluding carboxylic acids is 2. The molecule has 13 heavy (non-hydrogen) atoms. The molecular weight excluding hydrogens is 172 g/mol. The maximum atomic E-state index is 10.6. The van der Waals surface area contributed by atoms with Crippen LogP contribution < -0.4 is 0 Å². The Kier molecular flexibility index (Phi) is 6.59. The maximum Gasteiger partial charge on any atom is 0.309 e.